The molecule has 2 amide bonds. The van der Waals surface area contributed by atoms with Crippen LogP contribution in [0.3, 0.4) is 0 Å². The summed E-state index contributed by atoms with van der Waals surface area (Å²) in [6.45, 7) is 2.64. The molecule has 2 aromatic carbocycles. The summed E-state index contributed by atoms with van der Waals surface area (Å²) in [5, 5.41) is 14.2. The van der Waals surface area contributed by atoms with Crippen LogP contribution in [0.2, 0.25) is 0 Å². The molecule has 2 rings (SSSR count). The number of carboxylic acids is 1. The fourth-order valence-electron chi connectivity index (χ4n) is 2.40. The molecule has 0 bridgehead atoms. The molecule has 27 heavy (non-hydrogen) atoms. The van der Waals surface area contributed by atoms with Crippen molar-refractivity contribution in [2.75, 3.05) is 19.7 Å². The number of hydrogen-bond donors (Lipinski definition) is 3. The minimum atomic E-state index is -0.988. The minimum absolute atomic E-state index is 0.138. The van der Waals surface area contributed by atoms with Crippen molar-refractivity contribution in [2.24, 2.45) is 0 Å². The van der Waals surface area contributed by atoms with E-state index in [9.17, 15) is 14.4 Å². The zero-order valence-corrected chi connectivity index (χ0v) is 15.0. The van der Waals surface area contributed by atoms with Crippen molar-refractivity contribution in [3.63, 3.8) is 0 Å². The van der Waals surface area contributed by atoms with Gasteiger partial charge >= 0.3 is 5.97 Å². The van der Waals surface area contributed by atoms with Crippen molar-refractivity contribution < 1.29 is 24.2 Å². The molecule has 0 unspecified atom stereocenters. The molecule has 0 radical (unpaired) electrons. The first-order chi connectivity index (χ1) is 13.0. The number of carbonyl (C=O) groups excluding carboxylic acids is 2. The van der Waals surface area contributed by atoms with Gasteiger partial charge in [-0.05, 0) is 55.3 Å². The number of aromatic carboxylic acids is 1. The van der Waals surface area contributed by atoms with Crippen LogP contribution in [0.15, 0.2) is 48.5 Å². The Bertz CT molecular complexity index is 802. The van der Waals surface area contributed by atoms with Crippen LogP contribution < -0.4 is 15.4 Å². The van der Waals surface area contributed by atoms with E-state index in [-0.39, 0.29) is 23.9 Å². The highest BCUT2D eigenvalue weighted by Crippen LogP contribution is 2.11. The lowest BCUT2D eigenvalue weighted by Gasteiger charge is -2.08. The van der Waals surface area contributed by atoms with Gasteiger partial charge in [0.2, 0.25) is 5.91 Å². The van der Waals surface area contributed by atoms with Crippen molar-refractivity contribution in [1.82, 2.24) is 10.6 Å². The zero-order chi connectivity index (χ0) is 19.6. The van der Waals surface area contributed by atoms with E-state index in [0.29, 0.717) is 30.9 Å². The molecule has 0 aromatic heterocycles. The third-order valence-corrected chi connectivity index (χ3v) is 3.75. The Morgan fingerprint density at radius 3 is 2.41 bits per heavy atom. The number of amides is 2. The summed E-state index contributed by atoms with van der Waals surface area (Å²) in [6, 6.07) is 13.2. The highest BCUT2D eigenvalue weighted by atomic mass is 16.5. The molecule has 0 aliphatic heterocycles. The van der Waals surface area contributed by atoms with E-state index in [0.717, 1.165) is 5.56 Å². The summed E-state index contributed by atoms with van der Waals surface area (Å²) in [7, 11) is 0. The van der Waals surface area contributed by atoms with Gasteiger partial charge in [0, 0.05) is 12.1 Å². The second-order valence-electron chi connectivity index (χ2n) is 5.75. The quantitative estimate of drug-likeness (QED) is 0.625. The van der Waals surface area contributed by atoms with E-state index in [1.54, 1.807) is 42.5 Å². The van der Waals surface area contributed by atoms with Gasteiger partial charge in [0.25, 0.3) is 5.91 Å². The number of carbonyl (C=O) groups is 3. The van der Waals surface area contributed by atoms with Crippen molar-refractivity contribution in [1.29, 1.82) is 0 Å². The van der Waals surface area contributed by atoms with Gasteiger partial charge in [-0.3, -0.25) is 9.59 Å². The van der Waals surface area contributed by atoms with E-state index in [2.05, 4.69) is 10.6 Å². The van der Waals surface area contributed by atoms with Gasteiger partial charge < -0.3 is 20.5 Å². The highest BCUT2D eigenvalue weighted by Gasteiger charge is 2.08. The Morgan fingerprint density at radius 2 is 1.74 bits per heavy atom. The summed E-state index contributed by atoms with van der Waals surface area (Å²) in [5.74, 6) is -0.970. The predicted octanol–water partition coefficient (Wildman–Crippen LogP) is 1.87. The first-order valence-corrected chi connectivity index (χ1v) is 8.59. The smallest absolute Gasteiger partial charge is 0.335 e. The molecular formula is C20H22N2O5. The maximum absolute atomic E-state index is 12.0. The standard InChI is InChI=1S/C20H22N2O5/c1-2-27-17-8-6-15(7-9-17)19(24)22-13-18(23)21-11-10-14-4-3-5-16(12-14)20(25)26/h3-9,12H,2,10-11,13H2,1H3,(H,21,23)(H,22,24)(H,25,26). The lowest BCUT2D eigenvalue weighted by atomic mass is 10.1. The third-order valence-electron chi connectivity index (χ3n) is 3.75. The molecule has 0 aliphatic carbocycles. The summed E-state index contributed by atoms with van der Waals surface area (Å²) < 4.78 is 5.31. The van der Waals surface area contributed by atoms with Crippen LogP contribution in [0.1, 0.15) is 33.2 Å². The Hall–Kier alpha value is -3.35. The largest absolute Gasteiger partial charge is 0.494 e. The highest BCUT2D eigenvalue weighted by molar-refractivity contribution is 5.96. The fraction of sp³-hybridized carbons (Fsp3) is 0.250. The molecule has 0 fully saturated rings. The summed E-state index contributed by atoms with van der Waals surface area (Å²) >= 11 is 0. The number of benzene rings is 2. The lowest BCUT2D eigenvalue weighted by Crippen LogP contribution is -2.37. The number of carboxylic acid groups (broad SMARTS) is 1. The Kier molecular flexibility index (Phi) is 7.37. The van der Waals surface area contributed by atoms with Crippen LogP contribution in [-0.4, -0.2) is 42.6 Å². The molecule has 3 N–H and O–H groups in total. The van der Waals surface area contributed by atoms with Gasteiger partial charge in [0.1, 0.15) is 5.75 Å². The second kappa shape index (κ2) is 9.96. The Morgan fingerprint density at radius 1 is 1.00 bits per heavy atom. The van der Waals surface area contributed by atoms with Crippen LogP contribution in [-0.2, 0) is 11.2 Å². The number of hydrogen-bond acceptors (Lipinski definition) is 4. The third kappa shape index (κ3) is 6.47. The van der Waals surface area contributed by atoms with Crippen LogP contribution in [0.5, 0.6) is 5.75 Å². The van der Waals surface area contributed by atoms with Crippen molar-refractivity contribution >= 4 is 17.8 Å². The van der Waals surface area contributed by atoms with E-state index < -0.39 is 5.97 Å². The van der Waals surface area contributed by atoms with Crippen LogP contribution >= 0.6 is 0 Å². The molecule has 0 aliphatic rings. The number of rotatable bonds is 9. The van der Waals surface area contributed by atoms with Gasteiger partial charge in [-0.2, -0.15) is 0 Å². The van der Waals surface area contributed by atoms with E-state index in [1.807, 2.05) is 6.92 Å². The predicted molar refractivity (Wildman–Crippen MR) is 100 cm³/mol. The van der Waals surface area contributed by atoms with Crippen molar-refractivity contribution in [3.05, 3.63) is 65.2 Å². The topological polar surface area (TPSA) is 105 Å². The molecular weight excluding hydrogens is 348 g/mol. The van der Waals surface area contributed by atoms with Gasteiger partial charge in [-0.15, -0.1) is 0 Å². The molecule has 0 saturated carbocycles. The molecule has 142 valence electrons. The van der Waals surface area contributed by atoms with E-state index >= 15 is 0 Å². The van der Waals surface area contributed by atoms with Crippen LogP contribution in [0.4, 0.5) is 0 Å². The number of nitrogens with one attached hydrogen (secondary N) is 2. The van der Waals surface area contributed by atoms with Gasteiger partial charge in [-0.1, -0.05) is 12.1 Å². The van der Waals surface area contributed by atoms with Gasteiger partial charge in [0.05, 0.1) is 18.7 Å². The monoisotopic (exact) mass is 370 g/mol. The maximum atomic E-state index is 12.0. The molecule has 7 nitrogen and oxygen atoms in total. The summed E-state index contributed by atoms with van der Waals surface area (Å²) in [6.07, 6.45) is 0.500. The molecule has 0 heterocycles. The lowest BCUT2D eigenvalue weighted by molar-refractivity contribution is -0.120. The second-order valence-corrected chi connectivity index (χ2v) is 5.75. The normalized spacial score (nSPS) is 10.1. The number of ether oxygens (including phenoxy) is 1. The first-order valence-electron chi connectivity index (χ1n) is 8.59. The van der Waals surface area contributed by atoms with Crippen LogP contribution in [0, 0.1) is 0 Å². The fourth-order valence-corrected chi connectivity index (χ4v) is 2.40. The Labute approximate surface area is 157 Å². The SMILES string of the molecule is CCOc1ccc(C(=O)NCC(=O)NCCc2cccc(C(=O)O)c2)cc1. The molecule has 0 atom stereocenters. The van der Waals surface area contributed by atoms with E-state index in [1.165, 1.54) is 6.07 Å². The van der Waals surface area contributed by atoms with Gasteiger partial charge in [-0.25, -0.2) is 4.79 Å². The molecule has 0 spiro atoms. The average Bonchev–Trinajstić information content (AvgIpc) is 2.67. The van der Waals surface area contributed by atoms with Gasteiger partial charge in [0.15, 0.2) is 0 Å². The molecule has 2 aromatic rings. The molecule has 7 heteroatoms. The van der Waals surface area contributed by atoms with Crippen molar-refractivity contribution in [3.8, 4) is 5.75 Å². The minimum Gasteiger partial charge on any atom is -0.494 e. The van der Waals surface area contributed by atoms with Crippen molar-refractivity contribution in [2.45, 2.75) is 13.3 Å². The van der Waals surface area contributed by atoms with E-state index in [4.69, 9.17) is 9.84 Å². The first kappa shape index (κ1) is 20.0. The van der Waals surface area contributed by atoms with Crippen LogP contribution in [0.25, 0.3) is 0 Å². The molecule has 0 saturated heterocycles. The maximum Gasteiger partial charge on any atom is 0.335 e. The average molecular weight is 370 g/mol. The summed E-state index contributed by atoms with van der Waals surface area (Å²) in [4.78, 5) is 34.8. The summed E-state index contributed by atoms with van der Waals surface area (Å²) in [5.41, 5.74) is 1.46. The Balaban J connectivity index is 1.73. The zero-order valence-electron chi connectivity index (χ0n) is 15.0.